The molecule has 0 fully saturated rings. The van der Waals surface area contributed by atoms with Crippen molar-refractivity contribution in [2.24, 2.45) is 0 Å². The first kappa shape index (κ1) is 13.8. The minimum Gasteiger partial charge on any atom is -0.457 e. The molecule has 19 heavy (non-hydrogen) atoms. The first-order valence-electron chi connectivity index (χ1n) is 6.14. The summed E-state index contributed by atoms with van der Waals surface area (Å²) in [6.07, 6.45) is 1.75. The van der Waals surface area contributed by atoms with E-state index in [1.54, 1.807) is 6.20 Å². The SMILES string of the molecule is CNCc1cc(Oc2cc(C)c(Cl)c(C)c2)ccn1. The summed E-state index contributed by atoms with van der Waals surface area (Å²) in [6.45, 7) is 4.66. The van der Waals surface area contributed by atoms with E-state index in [9.17, 15) is 0 Å². The first-order chi connectivity index (χ1) is 9.10. The monoisotopic (exact) mass is 276 g/mol. The van der Waals surface area contributed by atoms with Gasteiger partial charge in [-0.15, -0.1) is 0 Å². The van der Waals surface area contributed by atoms with Gasteiger partial charge in [-0.05, 0) is 50.2 Å². The van der Waals surface area contributed by atoms with Crippen LogP contribution in [-0.2, 0) is 6.54 Å². The molecule has 1 aromatic carbocycles. The molecular formula is C15H17ClN2O. The summed E-state index contributed by atoms with van der Waals surface area (Å²) in [5, 5.41) is 3.86. The fourth-order valence-electron chi connectivity index (χ4n) is 1.90. The molecule has 1 heterocycles. The Morgan fingerprint density at radius 3 is 2.47 bits per heavy atom. The minimum absolute atomic E-state index is 0.718. The Hall–Kier alpha value is -1.58. The van der Waals surface area contributed by atoms with Crippen LogP contribution in [0.4, 0.5) is 0 Å². The van der Waals surface area contributed by atoms with Gasteiger partial charge in [0.1, 0.15) is 11.5 Å². The maximum absolute atomic E-state index is 6.15. The number of hydrogen-bond acceptors (Lipinski definition) is 3. The van der Waals surface area contributed by atoms with Crippen LogP contribution in [0.5, 0.6) is 11.5 Å². The maximum Gasteiger partial charge on any atom is 0.130 e. The Labute approximate surface area is 118 Å². The molecule has 2 rings (SSSR count). The van der Waals surface area contributed by atoms with Crippen molar-refractivity contribution < 1.29 is 4.74 Å². The van der Waals surface area contributed by atoms with Crippen LogP contribution in [0.25, 0.3) is 0 Å². The quantitative estimate of drug-likeness (QED) is 0.921. The van der Waals surface area contributed by atoms with E-state index in [1.807, 2.05) is 45.2 Å². The zero-order valence-electron chi connectivity index (χ0n) is 11.3. The van der Waals surface area contributed by atoms with Crippen LogP contribution in [0.2, 0.25) is 5.02 Å². The number of halogens is 1. The topological polar surface area (TPSA) is 34.1 Å². The summed E-state index contributed by atoms with van der Waals surface area (Å²) in [4.78, 5) is 4.26. The van der Waals surface area contributed by atoms with E-state index in [0.29, 0.717) is 0 Å². The molecule has 0 aliphatic heterocycles. The summed E-state index contributed by atoms with van der Waals surface area (Å²) in [7, 11) is 1.89. The highest BCUT2D eigenvalue weighted by molar-refractivity contribution is 6.32. The molecule has 0 spiro atoms. The van der Waals surface area contributed by atoms with Gasteiger partial charge in [-0.25, -0.2) is 0 Å². The van der Waals surface area contributed by atoms with Gasteiger partial charge in [0.15, 0.2) is 0 Å². The van der Waals surface area contributed by atoms with Gasteiger partial charge in [0.2, 0.25) is 0 Å². The number of rotatable bonds is 4. The highest BCUT2D eigenvalue weighted by atomic mass is 35.5. The van der Waals surface area contributed by atoms with Crippen molar-refractivity contribution in [3.63, 3.8) is 0 Å². The maximum atomic E-state index is 6.15. The third-order valence-corrected chi connectivity index (χ3v) is 3.39. The van der Waals surface area contributed by atoms with Crippen molar-refractivity contribution >= 4 is 11.6 Å². The lowest BCUT2D eigenvalue weighted by molar-refractivity contribution is 0.480. The van der Waals surface area contributed by atoms with Crippen molar-refractivity contribution in [1.82, 2.24) is 10.3 Å². The van der Waals surface area contributed by atoms with Gasteiger partial charge in [0.05, 0.1) is 5.69 Å². The zero-order chi connectivity index (χ0) is 13.8. The highest BCUT2D eigenvalue weighted by Gasteiger charge is 2.05. The molecule has 0 amide bonds. The molecule has 3 nitrogen and oxygen atoms in total. The Kier molecular flexibility index (Phi) is 4.40. The summed E-state index contributed by atoms with van der Waals surface area (Å²) < 4.78 is 5.86. The fourth-order valence-corrected chi connectivity index (χ4v) is 2.01. The van der Waals surface area contributed by atoms with Crippen molar-refractivity contribution in [1.29, 1.82) is 0 Å². The molecule has 100 valence electrons. The van der Waals surface area contributed by atoms with Crippen LogP contribution in [0.3, 0.4) is 0 Å². The van der Waals surface area contributed by atoms with Crippen molar-refractivity contribution in [2.75, 3.05) is 7.05 Å². The summed E-state index contributed by atoms with van der Waals surface area (Å²) in [6, 6.07) is 7.65. The molecular weight excluding hydrogens is 260 g/mol. The van der Waals surface area contributed by atoms with Crippen LogP contribution in [0.15, 0.2) is 30.5 Å². The third-order valence-electron chi connectivity index (χ3n) is 2.79. The van der Waals surface area contributed by atoms with E-state index >= 15 is 0 Å². The number of benzene rings is 1. The Balaban J connectivity index is 2.23. The Morgan fingerprint density at radius 2 is 1.84 bits per heavy atom. The molecule has 0 radical (unpaired) electrons. The fraction of sp³-hybridized carbons (Fsp3) is 0.267. The number of nitrogens with one attached hydrogen (secondary N) is 1. The predicted octanol–water partition coefficient (Wildman–Crippen LogP) is 3.86. The first-order valence-corrected chi connectivity index (χ1v) is 6.52. The average molecular weight is 277 g/mol. The summed E-state index contributed by atoms with van der Waals surface area (Å²) in [5.74, 6) is 1.57. The van der Waals surface area contributed by atoms with Crippen molar-refractivity contribution in [3.8, 4) is 11.5 Å². The number of aromatic nitrogens is 1. The number of nitrogens with zero attached hydrogens (tertiary/aromatic N) is 1. The van der Waals surface area contributed by atoms with Gasteiger partial charge in [-0.3, -0.25) is 4.98 Å². The van der Waals surface area contributed by atoms with E-state index in [4.69, 9.17) is 16.3 Å². The van der Waals surface area contributed by atoms with Crippen LogP contribution in [0.1, 0.15) is 16.8 Å². The molecule has 0 saturated carbocycles. The lowest BCUT2D eigenvalue weighted by Crippen LogP contribution is -2.06. The van der Waals surface area contributed by atoms with E-state index in [2.05, 4.69) is 10.3 Å². The average Bonchev–Trinajstić information content (AvgIpc) is 2.37. The molecule has 0 bridgehead atoms. The molecule has 1 N–H and O–H groups in total. The lowest BCUT2D eigenvalue weighted by atomic mass is 10.1. The largest absolute Gasteiger partial charge is 0.457 e. The summed E-state index contributed by atoms with van der Waals surface area (Å²) >= 11 is 6.15. The van der Waals surface area contributed by atoms with Gasteiger partial charge in [0.25, 0.3) is 0 Å². The van der Waals surface area contributed by atoms with Crippen molar-refractivity contribution in [2.45, 2.75) is 20.4 Å². The molecule has 4 heteroatoms. The summed E-state index contributed by atoms with van der Waals surface area (Å²) in [5.41, 5.74) is 2.98. The second kappa shape index (κ2) is 6.04. The van der Waals surface area contributed by atoms with Crippen LogP contribution < -0.4 is 10.1 Å². The lowest BCUT2D eigenvalue weighted by Gasteiger charge is -2.10. The number of aryl methyl sites for hydroxylation is 2. The number of pyridine rings is 1. The second-order valence-electron chi connectivity index (χ2n) is 4.49. The van der Waals surface area contributed by atoms with Gasteiger partial charge >= 0.3 is 0 Å². The van der Waals surface area contributed by atoms with Gasteiger partial charge < -0.3 is 10.1 Å². The second-order valence-corrected chi connectivity index (χ2v) is 4.86. The molecule has 0 saturated heterocycles. The molecule has 1 aromatic heterocycles. The van der Waals surface area contributed by atoms with Gasteiger partial charge in [0, 0.05) is 23.8 Å². The molecule has 0 unspecified atom stereocenters. The molecule has 0 aliphatic rings. The van der Waals surface area contributed by atoms with Crippen LogP contribution >= 0.6 is 11.6 Å². The predicted molar refractivity (Wildman–Crippen MR) is 78.0 cm³/mol. The van der Waals surface area contributed by atoms with Crippen molar-refractivity contribution in [3.05, 3.63) is 52.3 Å². The minimum atomic E-state index is 0.718. The van der Waals surface area contributed by atoms with Gasteiger partial charge in [-0.2, -0.15) is 0 Å². The standard InChI is InChI=1S/C15H17ClN2O/c1-10-6-14(7-11(2)15(10)16)19-13-4-5-18-12(8-13)9-17-3/h4-8,17H,9H2,1-3H3. The number of hydrogen-bond donors (Lipinski definition) is 1. The van der Waals surface area contributed by atoms with E-state index in [1.165, 1.54) is 0 Å². The van der Waals surface area contributed by atoms with E-state index in [-0.39, 0.29) is 0 Å². The highest BCUT2D eigenvalue weighted by Crippen LogP contribution is 2.29. The van der Waals surface area contributed by atoms with Gasteiger partial charge in [-0.1, -0.05) is 11.6 Å². The van der Waals surface area contributed by atoms with E-state index < -0.39 is 0 Å². The Morgan fingerprint density at radius 1 is 1.16 bits per heavy atom. The third kappa shape index (κ3) is 3.46. The zero-order valence-corrected chi connectivity index (χ0v) is 12.1. The molecule has 0 atom stereocenters. The molecule has 2 aromatic rings. The van der Waals surface area contributed by atoms with E-state index in [0.717, 1.165) is 39.9 Å². The molecule has 0 aliphatic carbocycles. The Bertz CT molecular complexity index is 561. The van der Waals surface area contributed by atoms with Crippen LogP contribution in [0, 0.1) is 13.8 Å². The van der Waals surface area contributed by atoms with Crippen LogP contribution in [-0.4, -0.2) is 12.0 Å². The normalized spacial score (nSPS) is 10.5. The smallest absolute Gasteiger partial charge is 0.130 e. The number of ether oxygens (including phenoxy) is 1.